The van der Waals surface area contributed by atoms with Gasteiger partial charge in [-0.3, -0.25) is 4.90 Å². The first-order valence-corrected chi connectivity index (χ1v) is 7.26. The molecule has 6 nitrogen and oxygen atoms in total. The maximum atomic E-state index is 12.1. The lowest BCUT2D eigenvalue weighted by Crippen LogP contribution is -2.55. The van der Waals surface area contributed by atoms with Crippen LogP contribution in [0.4, 0.5) is 4.79 Å². The second-order valence-corrected chi connectivity index (χ2v) is 5.61. The van der Waals surface area contributed by atoms with Crippen LogP contribution in [0.25, 0.3) is 0 Å². The molecule has 0 aromatic carbocycles. The molecular weight excluding hydrogens is 262 g/mol. The number of aliphatic hydroxyl groups excluding tert-OH is 1. The first-order chi connectivity index (χ1) is 9.56. The molecule has 2 aliphatic rings. The van der Waals surface area contributed by atoms with Gasteiger partial charge in [-0.25, -0.2) is 9.59 Å². The number of carbonyl (C=O) groups is 2. The average Bonchev–Trinajstić information content (AvgIpc) is 2.45. The van der Waals surface area contributed by atoms with Gasteiger partial charge >= 0.3 is 12.1 Å². The number of nitrogens with zero attached hydrogens (tertiary/aromatic N) is 1. The van der Waals surface area contributed by atoms with Gasteiger partial charge in [0.2, 0.25) is 0 Å². The molecule has 0 aromatic heterocycles. The molecule has 0 aromatic rings. The first kappa shape index (κ1) is 15.1. The van der Waals surface area contributed by atoms with Crippen molar-refractivity contribution >= 4 is 12.1 Å². The summed E-state index contributed by atoms with van der Waals surface area (Å²) in [4.78, 5) is 25.4. The second-order valence-electron chi connectivity index (χ2n) is 5.61. The van der Waals surface area contributed by atoms with E-state index in [2.05, 4.69) is 0 Å². The number of ether oxygens (including phenoxy) is 2. The van der Waals surface area contributed by atoms with E-state index in [9.17, 15) is 14.7 Å². The average molecular weight is 285 g/mol. The molecule has 1 aliphatic carbocycles. The number of aliphatic hydroxyl groups is 1. The van der Waals surface area contributed by atoms with Crippen LogP contribution in [-0.2, 0) is 14.3 Å². The minimum absolute atomic E-state index is 0.272. The van der Waals surface area contributed by atoms with Crippen LogP contribution in [0.15, 0.2) is 0 Å². The standard InChI is InChI=1S/C14H23NO5/c1-3-20-13(17)12-7-10-6-11(16)5-4-9(10)8-15(12)14(18)19-2/h9-12,16H,3-8H2,1-2H3/t9-,10+,11+,12+/m1/s1. The molecule has 0 unspecified atom stereocenters. The van der Waals surface area contributed by atoms with E-state index in [1.807, 2.05) is 0 Å². The summed E-state index contributed by atoms with van der Waals surface area (Å²) < 4.78 is 9.84. The Morgan fingerprint density at radius 3 is 2.65 bits per heavy atom. The molecule has 4 atom stereocenters. The Bertz CT molecular complexity index is 373. The van der Waals surface area contributed by atoms with Crippen LogP contribution in [0.5, 0.6) is 0 Å². The molecule has 1 heterocycles. The highest BCUT2D eigenvalue weighted by Gasteiger charge is 2.44. The minimum Gasteiger partial charge on any atom is -0.464 e. The topological polar surface area (TPSA) is 76.1 Å². The van der Waals surface area contributed by atoms with Crippen LogP contribution >= 0.6 is 0 Å². The maximum Gasteiger partial charge on any atom is 0.410 e. The predicted octanol–water partition coefficient (Wildman–Crippen LogP) is 1.17. The summed E-state index contributed by atoms with van der Waals surface area (Å²) in [5.74, 6) is 0.230. The van der Waals surface area contributed by atoms with Gasteiger partial charge in [-0.05, 0) is 44.4 Å². The highest BCUT2D eigenvalue weighted by molar-refractivity contribution is 5.81. The van der Waals surface area contributed by atoms with Crippen LogP contribution in [0, 0.1) is 11.8 Å². The molecule has 1 saturated heterocycles. The van der Waals surface area contributed by atoms with Gasteiger partial charge in [-0.1, -0.05) is 0 Å². The van der Waals surface area contributed by atoms with Crippen LogP contribution < -0.4 is 0 Å². The third kappa shape index (κ3) is 3.06. The molecule has 0 bridgehead atoms. The molecule has 0 radical (unpaired) electrons. The Hall–Kier alpha value is -1.30. The molecule has 1 aliphatic heterocycles. The van der Waals surface area contributed by atoms with Crippen molar-refractivity contribution in [2.24, 2.45) is 11.8 Å². The largest absolute Gasteiger partial charge is 0.464 e. The van der Waals surface area contributed by atoms with Gasteiger partial charge in [-0.15, -0.1) is 0 Å². The summed E-state index contributed by atoms with van der Waals surface area (Å²) in [6.45, 7) is 2.55. The van der Waals surface area contributed by atoms with E-state index in [1.54, 1.807) is 6.92 Å². The van der Waals surface area contributed by atoms with Gasteiger partial charge in [0.25, 0.3) is 0 Å². The molecule has 1 N–H and O–H groups in total. The van der Waals surface area contributed by atoms with Crippen LogP contribution in [-0.4, -0.2) is 54.5 Å². The van der Waals surface area contributed by atoms with Crippen LogP contribution in [0.3, 0.4) is 0 Å². The molecular formula is C14H23NO5. The summed E-state index contributed by atoms with van der Waals surface area (Å²) in [5, 5.41) is 9.78. The second kappa shape index (κ2) is 6.43. The van der Waals surface area contributed by atoms with Crippen molar-refractivity contribution in [2.45, 2.75) is 44.8 Å². The van der Waals surface area contributed by atoms with Crippen molar-refractivity contribution in [3.05, 3.63) is 0 Å². The van der Waals surface area contributed by atoms with E-state index in [1.165, 1.54) is 12.0 Å². The number of amides is 1. The summed E-state index contributed by atoms with van der Waals surface area (Å²) in [6, 6.07) is -0.589. The lowest BCUT2D eigenvalue weighted by atomic mass is 9.72. The Balaban J connectivity index is 2.13. The molecule has 1 amide bonds. The predicted molar refractivity (Wildman–Crippen MR) is 71.0 cm³/mol. The zero-order chi connectivity index (χ0) is 14.7. The Morgan fingerprint density at radius 2 is 2.00 bits per heavy atom. The number of methoxy groups -OCH3 is 1. The van der Waals surface area contributed by atoms with Crippen molar-refractivity contribution in [1.82, 2.24) is 4.90 Å². The molecule has 2 fully saturated rings. The maximum absolute atomic E-state index is 12.1. The number of piperidine rings is 1. The van der Waals surface area contributed by atoms with Crippen LogP contribution in [0.2, 0.25) is 0 Å². The van der Waals surface area contributed by atoms with E-state index >= 15 is 0 Å². The lowest BCUT2D eigenvalue weighted by Gasteiger charge is -2.45. The molecule has 114 valence electrons. The van der Waals surface area contributed by atoms with Gasteiger partial charge in [-0.2, -0.15) is 0 Å². The SMILES string of the molecule is CCOC(=O)[C@@H]1C[C@@H]2C[C@@H](O)CC[C@@H]2CN1C(=O)OC. The van der Waals surface area contributed by atoms with Crippen molar-refractivity contribution < 1.29 is 24.2 Å². The van der Waals surface area contributed by atoms with Crippen molar-refractivity contribution in [3.63, 3.8) is 0 Å². The highest BCUT2D eigenvalue weighted by atomic mass is 16.6. The summed E-state index contributed by atoms with van der Waals surface area (Å²) in [7, 11) is 1.32. The summed E-state index contributed by atoms with van der Waals surface area (Å²) in [5.41, 5.74) is 0. The summed E-state index contributed by atoms with van der Waals surface area (Å²) >= 11 is 0. The van der Waals surface area contributed by atoms with Gasteiger partial charge in [0, 0.05) is 6.54 Å². The smallest absolute Gasteiger partial charge is 0.410 e. The Labute approximate surface area is 119 Å². The summed E-state index contributed by atoms with van der Waals surface area (Å²) in [6.07, 6.45) is 2.14. The van der Waals surface area contributed by atoms with Gasteiger partial charge < -0.3 is 14.6 Å². The zero-order valence-electron chi connectivity index (χ0n) is 12.1. The van der Waals surface area contributed by atoms with E-state index in [4.69, 9.17) is 9.47 Å². The fourth-order valence-electron chi connectivity index (χ4n) is 3.41. The van der Waals surface area contributed by atoms with Crippen LogP contribution in [0.1, 0.15) is 32.6 Å². The molecule has 1 saturated carbocycles. The monoisotopic (exact) mass is 285 g/mol. The van der Waals surface area contributed by atoms with Crippen molar-refractivity contribution in [3.8, 4) is 0 Å². The highest BCUT2D eigenvalue weighted by Crippen LogP contribution is 2.39. The van der Waals surface area contributed by atoms with Crippen molar-refractivity contribution in [1.29, 1.82) is 0 Å². The number of likely N-dealkylation sites (tertiary alicyclic amines) is 1. The molecule has 20 heavy (non-hydrogen) atoms. The normalized spacial score (nSPS) is 33.2. The molecule has 0 spiro atoms. The van der Waals surface area contributed by atoms with E-state index in [0.717, 1.165) is 12.8 Å². The third-order valence-electron chi connectivity index (χ3n) is 4.41. The Kier molecular flexibility index (Phi) is 4.86. The Morgan fingerprint density at radius 1 is 1.25 bits per heavy atom. The number of carbonyl (C=O) groups excluding carboxylic acids is 2. The zero-order valence-corrected chi connectivity index (χ0v) is 12.1. The fourth-order valence-corrected chi connectivity index (χ4v) is 3.41. The van der Waals surface area contributed by atoms with Gasteiger partial charge in [0.1, 0.15) is 6.04 Å². The fraction of sp³-hybridized carbons (Fsp3) is 0.857. The first-order valence-electron chi connectivity index (χ1n) is 7.26. The molecule has 2 rings (SSSR count). The lowest BCUT2D eigenvalue weighted by molar-refractivity contribution is -0.152. The minimum atomic E-state index is -0.589. The van der Waals surface area contributed by atoms with E-state index in [0.29, 0.717) is 31.9 Å². The number of esters is 1. The van der Waals surface area contributed by atoms with E-state index < -0.39 is 12.1 Å². The van der Waals surface area contributed by atoms with Gasteiger partial charge in [0.15, 0.2) is 0 Å². The number of fused-ring (bicyclic) bond motifs is 1. The number of rotatable bonds is 2. The third-order valence-corrected chi connectivity index (χ3v) is 4.41. The van der Waals surface area contributed by atoms with Gasteiger partial charge in [0.05, 0.1) is 19.8 Å². The number of hydrogen-bond acceptors (Lipinski definition) is 5. The molecule has 6 heteroatoms. The van der Waals surface area contributed by atoms with E-state index in [-0.39, 0.29) is 18.0 Å². The van der Waals surface area contributed by atoms with Crippen molar-refractivity contribution in [2.75, 3.05) is 20.3 Å². The number of hydrogen-bond donors (Lipinski definition) is 1. The quantitative estimate of drug-likeness (QED) is 0.771.